The van der Waals surface area contributed by atoms with Crippen LogP contribution >= 0.6 is 0 Å². The number of allylic oxidation sites excluding steroid dienone is 1. The lowest BCUT2D eigenvalue weighted by Gasteiger charge is -1.91. The second-order valence-corrected chi connectivity index (χ2v) is 1.83. The highest BCUT2D eigenvalue weighted by Gasteiger charge is 1.91. The van der Waals surface area contributed by atoms with Gasteiger partial charge in [0.05, 0.1) is 11.9 Å². The van der Waals surface area contributed by atoms with Gasteiger partial charge in [-0.15, -0.1) is 0 Å². The first-order valence-corrected chi connectivity index (χ1v) is 4.05. The fraction of sp³-hybridized carbons (Fsp3) is 0.333. The number of nitrogens with one attached hydrogen (secondary N) is 1. The van der Waals surface area contributed by atoms with Crippen LogP contribution in [-0.4, -0.2) is 16.1 Å². The van der Waals surface area contributed by atoms with E-state index in [1.165, 1.54) is 11.0 Å². The van der Waals surface area contributed by atoms with Crippen LogP contribution in [0.4, 0.5) is 0 Å². The zero-order valence-corrected chi connectivity index (χ0v) is 7.78. The van der Waals surface area contributed by atoms with Crippen LogP contribution in [0.5, 0.6) is 0 Å². The van der Waals surface area contributed by atoms with Crippen molar-refractivity contribution in [1.82, 2.24) is 9.78 Å². The lowest BCUT2D eigenvalue weighted by molar-refractivity contribution is 0.939. The van der Waals surface area contributed by atoms with Crippen LogP contribution in [0.1, 0.15) is 26.5 Å². The summed E-state index contributed by atoms with van der Waals surface area (Å²) < 4.78 is 1.50. The molecule has 0 atom stereocenters. The Morgan fingerprint density at radius 3 is 2.67 bits per heavy atom. The Morgan fingerprint density at radius 1 is 1.50 bits per heavy atom. The van der Waals surface area contributed by atoms with E-state index in [1.54, 1.807) is 6.20 Å². The Morgan fingerprint density at radius 2 is 2.17 bits per heavy atom. The van der Waals surface area contributed by atoms with Crippen LogP contribution in [0.25, 0.3) is 6.08 Å². The van der Waals surface area contributed by atoms with Crippen LogP contribution in [0.2, 0.25) is 0 Å². The molecular formula is C9H15N3. The molecule has 0 saturated carbocycles. The molecule has 1 rings (SSSR count). The first-order valence-electron chi connectivity index (χ1n) is 4.05. The second kappa shape index (κ2) is 6.34. The molecule has 66 valence electrons. The summed E-state index contributed by atoms with van der Waals surface area (Å²) in [7, 11) is 0. The summed E-state index contributed by atoms with van der Waals surface area (Å²) in [6.45, 7) is 5.93. The van der Waals surface area contributed by atoms with Gasteiger partial charge in [-0.2, -0.15) is 5.10 Å². The SMILES string of the molecule is C/C=C\c1ccnn1C=N.CC. The molecule has 0 amide bonds. The molecule has 1 heterocycles. The lowest BCUT2D eigenvalue weighted by atomic mass is 10.4. The predicted molar refractivity (Wildman–Crippen MR) is 52.5 cm³/mol. The van der Waals surface area contributed by atoms with Crippen molar-refractivity contribution in [3.05, 3.63) is 24.0 Å². The molecule has 0 aliphatic carbocycles. The fourth-order valence-electron chi connectivity index (χ4n) is 0.735. The molecule has 3 heteroatoms. The molecule has 0 spiro atoms. The first-order chi connectivity index (χ1) is 5.88. The topological polar surface area (TPSA) is 41.7 Å². The molecule has 3 nitrogen and oxygen atoms in total. The van der Waals surface area contributed by atoms with E-state index in [4.69, 9.17) is 5.41 Å². The Hall–Kier alpha value is -1.38. The third-order valence-electron chi connectivity index (χ3n) is 1.16. The highest BCUT2D eigenvalue weighted by atomic mass is 15.3. The van der Waals surface area contributed by atoms with Crippen LogP contribution < -0.4 is 0 Å². The van der Waals surface area contributed by atoms with Crippen molar-refractivity contribution < 1.29 is 0 Å². The van der Waals surface area contributed by atoms with Gasteiger partial charge in [-0.25, -0.2) is 4.68 Å². The summed E-state index contributed by atoms with van der Waals surface area (Å²) in [5, 5.41) is 10.8. The zero-order chi connectivity index (χ0) is 9.40. The molecule has 0 saturated heterocycles. The van der Waals surface area contributed by atoms with Gasteiger partial charge < -0.3 is 0 Å². The third-order valence-corrected chi connectivity index (χ3v) is 1.16. The standard InChI is InChI=1S/C7H9N3.C2H6/c1-2-3-7-4-5-9-10(7)6-8;1-2/h2-6,8H,1H3;1-2H3/b3-2-,8-6?;. The molecular weight excluding hydrogens is 150 g/mol. The van der Waals surface area contributed by atoms with Crippen molar-refractivity contribution in [2.75, 3.05) is 0 Å². The van der Waals surface area contributed by atoms with Crippen LogP contribution in [0.15, 0.2) is 18.3 Å². The number of hydrogen-bond acceptors (Lipinski definition) is 2. The van der Waals surface area contributed by atoms with E-state index in [1.807, 2.05) is 39.0 Å². The molecule has 0 bridgehead atoms. The molecule has 0 aliphatic heterocycles. The smallest absolute Gasteiger partial charge is 0.109 e. The van der Waals surface area contributed by atoms with E-state index >= 15 is 0 Å². The first kappa shape index (κ1) is 10.6. The summed E-state index contributed by atoms with van der Waals surface area (Å²) in [4.78, 5) is 0. The Kier molecular flexibility index (Phi) is 5.61. The highest BCUT2D eigenvalue weighted by Crippen LogP contribution is 1.97. The van der Waals surface area contributed by atoms with Gasteiger partial charge in [-0.1, -0.05) is 19.9 Å². The number of hydrogen-bond donors (Lipinski definition) is 1. The van der Waals surface area contributed by atoms with Gasteiger partial charge in [0.15, 0.2) is 0 Å². The second-order valence-electron chi connectivity index (χ2n) is 1.83. The average Bonchev–Trinajstić information content (AvgIpc) is 2.56. The van der Waals surface area contributed by atoms with Gasteiger partial charge in [0.25, 0.3) is 0 Å². The monoisotopic (exact) mass is 165 g/mol. The van der Waals surface area contributed by atoms with Crippen molar-refractivity contribution in [3.8, 4) is 0 Å². The summed E-state index contributed by atoms with van der Waals surface area (Å²) in [5.74, 6) is 0. The largest absolute Gasteiger partial charge is 0.289 e. The Bertz CT molecular complexity index is 248. The average molecular weight is 165 g/mol. The molecule has 1 aromatic rings. The van der Waals surface area contributed by atoms with Crippen molar-refractivity contribution >= 4 is 12.4 Å². The van der Waals surface area contributed by atoms with Gasteiger partial charge in [0.1, 0.15) is 6.34 Å². The van der Waals surface area contributed by atoms with E-state index in [0.717, 1.165) is 5.69 Å². The van der Waals surface area contributed by atoms with Crippen LogP contribution in [0, 0.1) is 5.41 Å². The predicted octanol–water partition coefficient (Wildman–Crippen LogP) is 2.40. The highest BCUT2D eigenvalue weighted by molar-refractivity contribution is 5.60. The summed E-state index contributed by atoms with van der Waals surface area (Å²) in [6, 6.07) is 1.85. The van der Waals surface area contributed by atoms with Crippen LogP contribution in [0.3, 0.4) is 0 Å². The zero-order valence-electron chi connectivity index (χ0n) is 7.78. The number of rotatable bonds is 2. The van der Waals surface area contributed by atoms with Crippen LogP contribution in [-0.2, 0) is 0 Å². The maximum atomic E-state index is 6.92. The molecule has 0 fully saturated rings. The van der Waals surface area contributed by atoms with Crippen molar-refractivity contribution in [1.29, 1.82) is 5.41 Å². The van der Waals surface area contributed by atoms with Crippen molar-refractivity contribution in [2.45, 2.75) is 20.8 Å². The van der Waals surface area contributed by atoms with Crippen molar-refractivity contribution in [2.24, 2.45) is 0 Å². The maximum Gasteiger partial charge on any atom is 0.109 e. The fourth-order valence-corrected chi connectivity index (χ4v) is 0.735. The van der Waals surface area contributed by atoms with Gasteiger partial charge in [0, 0.05) is 0 Å². The molecule has 1 N–H and O–H groups in total. The number of aromatic nitrogens is 2. The van der Waals surface area contributed by atoms with Gasteiger partial charge in [0.2, 0.25) is 0 Å². The van der Waals surface area contributed by atoms with Crippen molar-refractivity contribution in [3.63, 3.8) is 0 Å². The molecule has 12 heavy (non-hydrogen) atoms. The summed E-state index contributed by atoms with van der Waals surface area (Å²) in [6.07, 6.45) is 6.66. The normalized spacial score (nSPS) is 9.25. The maximum absolute atomic E-state index is 6.92. The Labute approximate surface area is 73.2 Å². The van der Waals surface area contributed by atoms with E-state index in [0.29, 0.717) is 0 Å². The summed E-state index contributed by atoms with van der Waals surface area (Å²) in [5.41, 5.74) is 0.928. The Balaban J connectivity index is 0.000000561. The van der Waals surface area contributed by atoms with E-state index in [2.05, 4.69) is 5.10 Å². The van der Waals surface area contributed by atoms with E-state index in [-0.39, 0.29) is 0 Å². The minimum Gasteiger partial charge on any atom is -0.289 e. The van der Waals surface area contributed by atoms with Gasteiger partial charge in [-0.3, -0.25) is 5.41 Å². The molecule has 0 unspecified atom stereocenters. The molecule has 0 aromatic carbocycles. The minimum absolute atomic E-state index is 0.928. The quantitative estimate of drug-likeness (QED) is 0.530. The molecule has 0 radical (unpaired) electrons. The van der Waals surface area contributed by atoms with Gasteiger partial charge >= 0.3 is 0 Å². The lowest BCUT2D eigenvalue weighted by Crippen LogP contribution is -1.97. The molecule has 1 aromatic heterocycles. The van der Waals surface area contributed by atoms with Gasteiger partial charge in [-0.05, 0) is 19.1 Å². The minimum atomic E-state index is 0.928. The van der Waals surface area contributed by atoms with E-state index < -0.39 is 0 Å². The third kappa shape index (κ3) is 2.70. The molecule has 0 aliphatic rings. The summed E-state index contributed by atoms with van der Waals surface area (Å²) >= 11 is 0. The number of nitrogens with zero attached hydrogens (tertiary/aromatic N) is 2. The van der Waals surface area contributed by atoms with E-state index in [9.17, 15) is 0 Å².